The van der Waals surface area contributed by atoms with Crippen molar-refractivity contribution in [2.24, 2.45) is 4.99 Å². The van der Waals surface area contributed by atoms with E-state index in [1.54, 1.807) is 13.0 Å². The normalized spacial score (nSPS) is 13.6. The number of guanidine groups is 1. The molecule has 6 nitrogen and oxygen atoms in total. The standard InChI is InChI=1S/C19H26F3N5O.HI/c1-6-23-17(24-11-15-26-16(28-27-15)18(3,4)5)25-12(2)13-8-7-9-14(10-13)19(20,21)22;/h7-10,12H,6,11H2,1-5H3,(H2,23,24,25);1H. The molecule has 0 bridgehead atoms. The number of nitrogens with zero attached hydrogens (tertiary/aromatic N) is 3. The van der Waals surface area contributed by atoms with Crippen molar-refractivity contribution in [2.45, 2.75) is 58.8 Å². The predicted molar refractivity (Wildman–Crippen MR) is 116 cm³/mol. The van der Waals surface area contributed by atoms with E-state index in [-0.39, 0.29) is 42.0 Å². The van der Waals surface area contributed by atoms with Crippen LogP contribution in [0, 0.1) is 0 Å². The van der Waals surface area contributed by atoms with Crippen molar-refractivity contribution in [1.29, 1.82) is 0 Å². The van der Waals surface area contributed by atoms with Crippen molar-refractivity contribution in [2.75, 3.05) is 6.54 Å². The minimum Gasteiger partial charge on any atom is -0.357 e. The molecule has 29 heavy (non-hydrogen) atoms. The van der Waals surface area contributed by atoms with E-state index < -0.39 is 11.7 Å². The quantitative estimate of drug-likeness (QED) is 0.333. The highest BCUT2D eigenvalue weighted by Crippen LogP contribution is 2.30. The van der Waals surface area contributed by atoms with Crippen LogP contribution in [0.2, 0.25) is 0 Å². The monoisotopic (exact) mass is 525 g/mol. The first-order valence-electron chi connectivity index (χ1n) is 9.05. The second kappa shape index (κ2) is 10.3. The smallest absolute Gasteiger partial charge is 0.357 e. The third-order valence-electron chi connectivity index (χ3n) is 3.90. The third kappa shape index (κ3) is 7.48. The number of hydrogen-bond acceptors (Lipinski definition) is 4. The highest BCUT2D eigenvalue weighted by molar-refractivity contribution is 14.0. The molecule has 0 aliphatic heterocycles. The SMILES string of the molecule is CCNC(=NCc1noc(C(C)(C)C)n1)NC(C)c1cccc(C(F)(F)F)c1.I. The summed E-state index contributed by atoms with van der Waals surface area (Å²) in [5.74, 6) is 1.41. The number of nitrogens with one attached hydrogen (secondary N) is 2. The van der Waals surface area contributed by atoms with E-state index in [9.17, 15) is 13.2 Å². The van der Waals surface area contributed by atoms with E-state index >= 15 is 0 Å². The van der Waals surface area contributed by atoms with Gasteiger partial charge in [0.2, 0.25) is 5.89 Å². The summed E-state index contributed by atoms with van der Waals surface area (Å²) in [6.45, 7) is 10.4. The van der Waals surface area contributed by atoms with Crippen molar-refractivity contribution in [3.05, 3.63) is 47.1 Å². The summed E-state index contributed by atoms with van der Waals surface area (Å²) in [6.07, 6.45) is -4.38. The van der Waals surface area contributed by atoms with Gasteiger partial charge in [-0.25, -0.2) is 4.99 Å². The maximum absolute atomic E-state index is 12.9. The fourth-order valence-corrected chi connectivity index (χ4v) is 2.37. The number of rotatable bonds is 5. The molecule has 0 spiro atoms. The number of aromatic nitrogens is 2. The van der Waals surface area contributed by atoms with Gasteiger partial charge >= 0.3 is 6.18 Å². The summed E-state index contributed by atoms with van der Waals surface area (Å²) in [5, 5.41) is 10.1. The van der Waals surface area contributed by atoms with Gasteiger partial charge in [0.05, 0.1) is 11.6 Å². The Morgan fingerprint density at radius 2 is 1.93 bits per heavy atom. The van der Waals surface area contributed by atoms with Crippen molar-refractivity contribution >= 4 is 29.9 Å². The molecule has 0 aliphatic carbocycles. The molecule has 0 radical (unpaired) electrons. The van der Waals surface area contributed by atoms with E-state index in [1.807, 2.05) is 27.7 Å². The summed E-state index contributed by atoms with van der Waals surface area (Å²) >= 11 is 0. The molecular formula is C19H27F3IN5O. The molecule has 0 aliphatic rings. The van der Waals surface area contributed by atoms with E-state index in [1.165, 1.54) is 6.07 Å². The van der Waals surface area contributed by atoms with Crippen LogP contribution in [0.15, 0.2) is 33.8 Å². The lowest BCUT2D eigenvalue weighted by atomic mass is 9.97. The molecule has 1 atom stereocenters. The van der Waals surface area contributed by atoms with Gasteiger partial charge in [-0.05, 0) is 31.5 Å². The number of alkyl halides is 3. The van der Waals surface area contributed by atoms with Crippen LogP contribution < -0.4 is 10.6 Å². The molecule has 2 aromatic rings. The summed E-state index contributed by atoms with van der Waals surface area (Å²) in [5.41, 5.74) is -0.424. The van der Waals surface area contributed by atoms with Gasteiger partial charge < -0.3 is 15.2 Å². The van der Waals surface area contributed by atoms with Gasteiger partial charge in [-0.2, -0.15) is 18.2 Å². The lowest BCUT2D eigenvalue weighted by Crippen LogP contribution is -2.38. The largest absolute Gasteiger partial charge is 0.416 e. The molecule has 0 amide bonds. The van der Waals surface area contributed by atoms with Crippen molar-refractivity contribution < 1.29 is 17.7 Å². The maximum atomic E-state index is 12.9. The minimum absolute atomic E-state index is 0. The average Bonchev–Trinajstić information content (AvgIpc) is 3.08. The fourth-order valence-electron chi connectivity index (χ4n) is 2.37. The number of benzene rings is 1. The highest BCUT2D eigenvalue weighted by atomic mass is 127. The Morgan fingerprint density at radius 1 is 1.24 bits per heavy atom. The highest BCUT2D eigenvalue weighted by Gasteiger charge is 2.30. The number of hydrogen-bond donors (Lipinski definition) is 2. The molecule has 162 valence electrons. The first-order valence-corrected chi connectivity index (χ1v) is 9.05. The Kier molecular flexibility index (Phi) is 8.91. The van der Waals surface area contributed by atoms with Crippen molar-refractivity contribution in [1.82, 2.24) is 20.8 Å². The molecule has 0 saturated carbocycles. The third-order valence-corrected chi connectivity index (χ3v) is 3.90. The van der Waals surface area contributed by atoms with Gasteiger partial charge in [-0.3, -0.25) is 0 Å². The van der Waals surface area contributed by atoms with Crippen LogP contribution in [0.25, 0.3) is 0 Å². The molecule has 0 saturated heterocycles. The van der Waals surface area contributed by atoms with Gasteiger partial charge in [0.25, 0.3) is 0 Å². The molecular weight excluding hydrogens is 498 g/mol. The average molecular weight is 525 g/mol. The van der Waals surface area contributed by atoms with Gasteiger partial charge in [-0.15, -0.1) is 24.0 Å². The van der Waals surface area contributed by atoms with E-state index in [2.05, 4.69) is 25.8 Å². The zero-order valence-electron chi connectivity index (χ0n) is 17.1. The molecule has 1 aromatic carbocycles. The zero-order valence-corrected chi connectivity index (χ0v) is 19.4. The summed E-state index contributed by atoms with van der Waals surface area (Å²) in [7, 11) is 0. The van der Waals surface area contributed by atoms with Crippen molar-refractivity contribution in [3.8, 4) is 0 Å². The van der Waals surface area contributed by atoms with Gasteiger partial charge in [-0.1, -0.05) is 38.1 Å². The first-order chi connectivity index (χ1) is 13.0. The topological polar surface area (TPSA) is 75.3 Å². The Hall–Kier alpha value is -1.85. The number of halogens is 4. The Labute approximate surface area is 185 Å². The van der Waals surface area contributed by atoms with Crippen LogP contribution in [0.5, 0.6) is 0 Å². The summed E-state index contributed by atoms with van der Waals surface area (Å²) < 4.78 is 44.0. The molecule has 2 rings (SSSR count). The van der Waals surface area contributed by atoms with Gasteiger partial charge in [0, 0.05) is 12.0 Å². The van der Waals surface area contributed by atoms with Crippen LogP contribution in [0.4, 0.5) is 13.2 Å². The predicted octanol–water partition coefficient (Wildman–Crippen LogP) is 4.82. The zero-order chi connectivity index (χ0) is 20.9. The van der Waals surface area contributed by atoms with Crippen molar-refractivity contribution in [3.63, 3.8) is 0 Å². The van der Waals surface area contributed by atoms with Crippen LogP contribution in [-0.4, -0.2) is 22.6 Å². The van der Waals surface area contributed by atoms with Crippen LogP contribution in [-0.2, 0) is 18.1 Å². The molecule has 1 unspecified atom stereocenters. The van der Waals surface area contributed by atoms with Crippen LogP contribution in [0.1, 0.15) is 63.5 Å². The fraction of sp³-hybridized carbons (Fsp3) is 0.526. The minimum atomic E-state index is -4.38. The maximum Gasteiger partial charge on any atom is 0.416 e. The van der Waals surface area contributed by atoms with E-state index in [0.717, 1.165) is 12.1 Å². The Morgan fingerprint density at radius 3 is 2.48 bits per heavy atom. The van der Waals surface area contributed by atoms with Crippen LogP contribution >= 0.6 is 24.0 Å². The van der Waals surface area contributed by atoms with Crippen LogP contribution in [0.3, 0.4) is 0 Å². The first kappa shape index (κ1) is 25.2. The van der Waals surface area contributed by atoms with Gasteiger partial charge in [0.15, 0.2) is 11.8 Å². The second-order valence-electron chi connectivity index (χ2n) is 7.45. The summed E-state index contributed by atoms with van der Waals surface area (Å²) in [4.78, 5) is 8.73. The molecule has 1 heterocycles. The lowest BCUT2D eigenvalue weighted by Gasteiger charge is -2.19. The molecule has 1 aromatic heterocycles. The lowest BCUT2D eigenvalue weighted by molar-refractivity contribution is -0.137. The molecule has 10 heteroatoms. The van der Waals surface area contributed by atoms with Gasteiger partial charge in [0.1, 0.15) is 6.54 Å². The Balaban J connectivity index is 0.00000420. The molecule has 2 N–H and O–H groups in total. The van der Waals surface area contributed by atoms with E-state index in [4.69, 9.17) is 4.52 Å². The van der Waals surface area contributed by atoms with E-state index in [0.29, 0.717) is 29.8 Å². The number of aliphatic imine (C=N–C) groups is 1. The second-order valence-corrected chi connectivity index (χ2v) is 7.45. The molecule has 0 fully saturated rings. The Bertz CT molecular complexity index is 815. The summed E-state index contributed by atoms with van der Waals surface area (Å²) in [6, 6.07) is 4.85.